The summed E-state index contributed by atoms with van der Waals surface area (Å²) in [6.07, 6.45) is 2.92. The fourth-order valence-corrected chi connectivity index (χ4v) is 2.22. The zero-order valence-electron chi connectivity index (χ0n) is 16.5. The first-order chi connectivity index (χ1) is 13.5. The zero-order valence-corrected chi connectivity index (χ0v) is 16.5. The minimum absolute atomic E-state index is 0.160. The Labute approximate surface area is 165 Å². The molecule has 0 atom stereocenters. The van der Waals surface area contributed by atoms with Crippen LogP contribution in [0, 0.1) is 6.92 Å². The SMILES string of the molecule is CO/C(N)=C/C=C(\N)NC(=O)c1cccc(NCCOCCOCCN)c1C. The van der Waals surface area contributed by atoms with Gasteiger partial charge in [0, 0.05) is 30.4 Å². The molecule has 0 aromatic heterocycles. The van der Waals surface area contributed by atoms with Gasteiger partial charge in [-0.05, 0) is 30.7 Å². The van der Waals surface area contributed by atoms with Crippen LogP contribution in [0.15, 0.2) is 42.1 Å². The van der Waals surface area contributed by atoms with Gasteiger partial charge in [0.2, 0.25) is 0 Å². The monoisotopic (exact) mass is 393 g/mol. The van der Waals surface area contributed by atoms with Gasteiger partial charge in [0.25, 0.3) is 5.91 Å². The van der Waals surface area contributed by atoms with Gasteiger partial charge < -0.3 is 42.0 Å². The van der Waals surface area contributed by atoms with Crippen molar-refractivity contribution in [2.45, 2.75) is 6.92 Å². The fourth-order valence-electron chi connectivity index (χ4n) is 2.22. The number of amides is 1. The predicted octanol–water partition coefficient (Wildman–Crippen LogP) is 0.375. The van der Waals surface area contributed by atoms with Crippen LogP contribution < -0.4 is 27.8 Å². The summed E-state index contributed by atoms with van der Waals surface area (Å²) in [7, 11) is 1.44. The van der Waals surface area contributed by atoms with Crippen LogP contribution in [0.25, 0.3) is 0 Å². The first kappa shape index (κ1) is 23.3. The second-order valence-electron chi connectivity index (χ2n) is 5.77. The standard InChI is InChI=1S/C19H31N5O4/c1-14-15(19(25)24-17(21)6-7-18(22)26-2)4-3-5-16(14)23-9-11-28-13-12-27-10-8-20/h3-7,23H,8-13,20-22H2,1-2H3,(H,24,25)/b17-6+,18-7+. The van der Waals surface area contributed by atoms with Crippen LogP contribution in [0.4, 0.5) is 5.69 Å². The highest BCUT2D eigenvalue weighted by Gasteiger charge is 2.11. The molecule has 1 amide bonds. The Balaban J connectivity index is 2.54. The number of hydrogen-bond acceptors (Lipinski definition) is 8. The average molecular weight is 393 g/mol. The van der Waals surface area contributed by atoms with Gasteiger partial charge in [-0.1, -0.05) is 6.07 Å². The molecule has 0 saturated carbocycles. The molecule has 0 heterocycles. The second-order valence-corrected chi connectivity index (χ2v) is 5.77. The molecule has 1 rings (SSSR count). The molecule has 0 unspecified atom stereocenters. The van der Waals surface area contributed by atoms with Crippen molar-refractivity contribution in [3.63, 3.8) is 0 Å². The van der Waals surface area contributed by atoms with Crippen molar-refractivity contribution in [1.82, 2.24) is 5.32 Å². The lowest BCUT2D eigenvalue weighted by Gasteiger charge is -2.14. The summed E-state index contributed by atoms with van der Waals surface area (Å²) in [5.74, 6) is 0.0355. The van der Waals surface area contributed by atoms with E-state index in [1.807, 2.05) is 13.0 Å². The van der Waals surface area contributed by atoms with Crippen molar-refractivity contribution in [3.8, 4) is 0 Å². The number of nitrogens with two attached hydrogens (primary N) is 3. The van der Waals surface area contributed by atoms with E-state index in [1.54, 1.807) is 12.1 Å². The van der Waals surface area contributed by atoms with Crippen molar-refractivity contribution in [2.75, 3.05) is 51.9 Å². The quantitative estimate of drug-likeness (QED) is 0.183. The Morgan fingerprint density at radius 1 is 1.11 bits per heavy atom. The molecule has 0 spiro atoms. The smallest absolute Gasteiger partial charge is 0.257 e. The van der Waals surface area contributed by atoms with Gasteiger partial charge in [-0.25, -0.2) is 0 Å². The second kappa shape index (κ2) is 13.4. The lowest BCUT2D eigenvalue weighted by atomic mass is 10.1. The molecule has 0 saturated heterocycles. The van der Waals surface area contributed by atoms with E-state index < -0.39 is 0 Å². The number of allylic oxidation sites excluding steroid dienone is 2. The Morgan fingerprint density at radius 2 is 1.82 bits per heavy atom. The number of hydrogen-bond donors (Lipinski definition) is 5. The van der Waals surface area contributed by atoms with Crippen molar-refractivity contribution in [3.05, 3.63) is 53.2 Å². The van der Waals surface area contributed by atoms with Gasteiger partial charge in [0.15, 0.2) is 5.88 Å². The molecule has 156 valence electrons. The Morgan fingerprint density at radius 3 is 2.50 bits per heavy atom. The summed E-state index contributed by atoms with van der Waals surface area (Å²) in [4.78, 5) is 12.5. The van der Waals surface area contributed by atoms with Gasteiger partial charge >= 0.3 is 0 Å². The van der Waals surface area contributed by atoms with Crippen molar-refractivity contribution in [1.29, 1.82) is 0 Å². The first-order valence-corrected chi connectivity index (χ1v) is 8.97. The Bertz CT molecular complexity index is 676. The number of carbonyl (C=O) groups excluding carboxylic acids is 1. The summed E-state index contributed by atoms with van der Waals surface area (Å²) in [5, 5.41) is 5.87. The number of nitrogens with one attached hydrogen (secondary N) is 2. The Kier molecular flexibility index (Phi) is 11.2. The third-order valence-electron chi connectivity index (χ3n) is 3.70. The predicted molar refractivity (Wildman–Crippen MR) is 109 cm³/mol. The molecule has 9 heteroatoms. The number of benzene rings is 1. The molecular formula is C19H31N5O4. The number of rotatable bonds is 13. The molecular weight excluding hydrogens is 362 g/mol. The maximum Gasteiger partial charge on any atom is 0.257 e. The lowest BCUT2D eigenvalue weighted by Crippen LogP contribution is -2.28. The van der Waals surface area contributed by atoms with Crippen molar-refractivity contribution >= 4 is 11.6 Å². The van der Waals surface area contributed by atoms with Gasteiger partial charge in [-0.2, -0.15) is 0 Å². The van der Waals surface area contributed by atoms with E-state index in [0.29, 0.717) is 45.1 Å². The number of methoxy groups -OCH3 is 1. The van der Waals surface area contributed by atoms with Crippen molar-refractivity contribution < 1.29 is 19.0 Å². The van der Waals surface area contributed by atoms with E-state index in [9.17, 15) is 4.79 Å². The molecule has 1 aromatic rings. The molecule has 28 heavy (non-hydrogen) atoms. The molecule has 0 aliphatic carbocycles. The molecule has 9 nitrogen and oxygen atoms in total. The molecule has 0 radical (unpaired) electrons. The maximum atomic E-state index is 12.5. The molecule has 1 aromatic carbocycles. The molecule has 0 fully saturated rings. The number of carbonyl (C=O) groups is 1. The third kappa shape index (κ3) is 8.76. The molecule has 0 bridgehead atoms. The van der Waals surface area contributed by atoms with Crippen LogP contribution in [-0.2, 0) is 14.2 Å². The third-order valence-corrected chi connectivity index (χ3v) is 3.70. The highest BCUT2D eigenvalue weighted by atomic mass is 16.5. The van der Waals surface area contributed by atoms with E-state index >= 15 is 0 Å². The summed E-state index contributed by atoms with van der Waals surface area (Å²) >= 11 is 0. The molecule has 8 N–H and O–H groups in total. The van der Waals surface area contributed by atoms with Gasteiger partial charge in [0.05, 0.1) is 33.5 Å². The van der Waals surface area contributed by atoms with E-state index in [4.69, 9.17) is 31.4 Å². The van der Waals surface area contributed by atoms with Gasteiger partial charge in [0.1, 0.15) is 5.82 Å². The number of ether oxygens (including phenoxy) is 3. The van der Waals surface area contributed by atoms with Crippen LogP contribution >= 0.6 is 0 Å². The van der Waals surface area contributed by atoms with Crippen molar-refractivity contribution in [2.24, 2.45) is 17.2 Å². The van der Waals surface area contributed by atoms with Gasteiger partial charge in [-0.15, -0.1) is 0 Å². The first-order valence-electron chi connectivity index (χ1n) is 8.97. The fraction of sp³-hybridized carbons (Fsp3) is 0.421. The van der Waals surface area contributed by atoms with Crippen LogP contribution in [0.5, 0.6) is 0 Å². The summed E-state index contributed by atoms with van der Waals surface area (Å²) in [5.41, 5.74) is 18.8. The highest BCUT2D eigenvalue weighted by Crippen LogP contribution is 2.18. The Hall–Kier alpha value is -2.75. The summed E-state index contributed by atoms with van der Waals surface area (Å²) in [6, 6.07) is 5.43. The van der Waals surface area contributed by atoms with E-state index in [2.05, 4.69) is 10.6 Å². The highest BCUT2D eigenvalue weighted by molar-refractivity contribution is 5.97. The van der Waals surface area contributed by atoms with Crippen LogP contribution in [0.1, 0.15) is 15.9 Å². The minimum atomic E-state index is -0.312. The minimum Gasteiger partial charge on any atom is -0.483 e. The van der Waals surface area contributed by atoms with E-state index in [1.165, 1.54) is 19.3 Å². The van der Waals surface area contributed by atoms with E-state index in [-0.39, 0.29) is 17.6 Å². The largest absolute Gasteiger partial charge is 0.483 e. The normalized spacial score (nSPS) is 12.0. The molecule has 0 aliphatic rings. The molecule has 0 aliphatic heterocycles. The topological polar surface area (TPSA) is 147 Å². The van der Waals surface area contributed by atoms with E-state index in [0.717, 1.165) is 11.3 Å². The van der Waals surface area contributed by atoms with Crippen LogP contribution in [0.2, 0.25) is 0 Å². The summed E-state index contributed by atoms with van der Waals surface area (Å²) < 4.78 is 15.5. The number of anilines is 1. The zero-order chi connectivity index (χ0) is 20.8. The van der Waals surface area contributed by atoms with Crippen LogP contribution in [-0.4, -0.2) is 52.5 Å². The van der Waals surface area contributed by atoms with Crippen LogP contribution in [0.3, 0.4) is 0 Å². The lowest BCUT2D eigenvalue weighted by molar-refractivity contribution is 0.0548. The average Bonchev–Trinajstić information content (AvgIpc) is 2.69. The van der Waals surface area contributed by atoms with Gasteiger partial charge in [-0.3, -0.25) is 4.79 Å². The maximum absolute atomic E-state index is 12.5. The summed E-state index contributed by atoms with van der Waals surface area (Å²) in [6.45, 7) is 5.05.